The van der Waals surface area contributed by atoms with Crippen molar-refractivity contribution in [3.63, 3.8) is 0 Å². The molecule has 176 valence electrons. The van der Waals surface area contributed by atoms with E-state index in [0.29, 0.717) is 22.9 Å². The van der Waals surface area contributed by atoms with Crippen molar-refractivity contribution >= 4 is 23.4 Å². The summed E-state index contributed by atoms with van der Waals surface area (Å²) < 4.78 is 5.67. The number of para-hydroxylation sites is 2. The van der Waals surface area contributed by atoms with Gasteiger partial charge in [-0.3, -0.25) is 4.79 Å². The molecule has 0 heterocycles. The molecule has 7 heteroatoms. The van der Waals surface area contributed by atoms with Crippen LogP contribution in [0.15, 0.2) is 72.8 Å². The second-order valence-corrected chi connectivity index (χ2v) is 9.12. The molecular weight excluding hydrogens is 428 g/mol. The highest BCUT2D eigenvalue weighted by Gasteiger charge is 2.35. The zero-order valence-electron chi connectivity index (χ0n) is 19.4. The van der Waals surface area contributed by atoms with Crippen LogP contribution in [0.3, 0.4) is 0 Å². The third-order valence-corrected chi connectivity index (χ3v) is 6.08. The van der Waals surface area contributed by atoms with Gasteiger partial charge in [-0.25, -0.2) is 4.79 Å². The Hall–Kier alpha value is -3.84. The van der Waals surface area contributed by atoms with Gasteiger partial charge < -0.3 is 26.8 Å². The Kier molecular flexibility index (Phi) is 6.56. The number of carbonyl (C=O) groups excluding carboxylic acids is 2. The summed E-state index contributed by atoms with van der Waals surface area (Å²) in [7, 11) is 0. The molecule has 4 rings (SSSR count). The van der Waals surface area contributed by atoms with Gasteiger partial charge in [0.05, 0.1) is 11.4 Å². The fourth-order valence-corrected chi connectivity index (χ4v) is 3.81. The van der Waals surface area contributed by atoms with Gasteiger partial charge in [-0.1, -0.05) is 48.5 Å². The van der Waals surface area contributed by atoms with Crippen molar-refractivity contribution < 1.29 is 14.3 Å². The Labute approximate surface area is 199 Å². The second kappa shape index (κ2) is 9.57. The third kappa shape index (κ3) is 5.55. The zero-order valence-corrected chi connectivity index (χ0v) is 19.4. The molecular formula is C27H30N4O3. The third-order valence-electron chi connectivity index (χ3n) is 6.08. The maximum atomic E-state index is 12.5. The van der Waals surface area contributed by atoms with Gasteiger partial charge in [-0.2, -0.15) is 0 Å². The summed E-state index contributed by atoms with van der Waals surface area (Å²) in [5.74, 6) is 0.184. The number of benzene rings is 3. The van der Waals surface area contributed by atoms with Gasteiger partial charge >= 0.3 is 6.09 Å². The van der Waals surface area contributed by atoms with Crippen LogP contribution in [0.2, 0.25) is 0 Å². The molecule has 0 saturated heterocycles. The van der Waals surface area contributed by atoms with Crippen LogP contribution in [0.4, 0.5) is 16.2 Å². The monoisotopic (exact) mass is 458 g/mol. The first-order valence-electron chi connectivity index (χ1n) is 11.3. The summed E-state index contributed by atoms with van der Waals surface area (Å²) in [5.41, 5.74) is 15.6. The van der Waals surface area contributed by atoms with Gasteiger partial charge in [0.15, 0.2) is 0 Å². The van der Waals surface area contributed by atoms with E-state index >= 15 is 0 Å². The molecule has 34 heavy (non-hydrogen) atoms. The van der Waals surface area contributed by atoms with Crippen molar-refractivity contribution in [2.45, 2.75) is 44.4 Å². The van der Waals surface area contributed by atoms with E-state index in [4.69, 9.17) is 16.2 Å². The standard InChI is InChI=1S/C27H30N4O3/c1-27(2,20-13-11-18(12-14-20)21-15-23(21)29)34-26(33)30-16-17-7-9-19(10-8-17)25(32)31-24-6-4-3-5-22(24)28/h3-14,21,23H,15-16,28-29H2,1-2H3,(H,30,33)(H,31,32). The minimum absolute atomic E-state index is 0.256. The fourth-order valence-electron chi connectivity index (χ4n) is 3.81. The van der Waals surface area contributed by atoms with Gasteiger partial charge in [0.2, 0.25) is 0 Å². The number of nitrogens with two attached hydrogens (primary N) is 2. The quantitative estimate of drug-likeness (QED) is 0.389. The lowest BCUT2D eigenvalue weighted by Crippen LogP contribution is -2.32. The van der Waals surface area contributed by atoms with Crippen LogP contribution in [-0.2, 0) is 16.9 Å². The molecule has 6 N–H and O–H groups in total. The topological polar surface area (TPSA) is 119 Å². The van der Waals surface area contributed by atoms with E-state index in [1.807, 2.05) is 26.0 Å². The number of nitrogens with one attached hydrogen (secondary N) is 2. The number of ether oxygens (including phenoxy) is 1. The predicted octanol–water partition coefficient (Wildman–Crippen LogP) is 4.50. The minimum Gasteiger partial charge on any atom is -0.439 e. The minimum atomic E-state index is -0.782. The summed E-state index contributed by atoms with van der Waals surface area (Å²) in [6, 6.07) is 22.4. The maximum Gasteiger partial charge on any atom is 0.408 e. The van der Waals surface area contributed by atoms with Crippen LogP contribution in [0.5, 0.6) is 0 Å². The first-order chi connectivity index (χ1) is 16.2. The van der Waals surface area contributed by atoms with Crippen molar-refractivity contribution in [1.29, 1.82) is 0 Å². The Morgan fingerprint density at radius 3 is 2.26 bits per heavy atom. The summed E-state index contributed by atoms with van der Waals surface area (Å²) in [4.78, 5) is 24.9. The molecule has 0 aromatic heterocycles. The van der Waals surface area contributed by atoms with Crippen molar-refractivity contribution in [1.82, 2.24) is 5.32 Å². The number of hydrogen-bond donors (Lipinski definition) is 4. The Bertz CT molecular complexity index is 1170. The Morgan fingerprint density at radius 2 is 1.65 bits per heavy atom. The van der Waals surface area contributed by atoms with Crippen LogP contribution < -0.4 is 22.1 Å². The summed E-state index contributed by atoms with van der Waals surface area (Å²) >= 11 is 0. The van der Waals surface area contributed by atoms with Crippen molar-refractivity contribution in [3.05, 3.63) is 95.1 Å². The number of amides is 2. The lowest BCUT2D eigenvalue weighted by Gasteiger charge is -2.26. The molecule has 3 aromatic carbocycles. The van der Waals surface area contributed by atoms with E-state index in [-0.39, 0.29) is 18.5 Å². The molecule has 2 unspecified atom stereocenters. The molecule has 0 bridgehead atoms. The molecule has 0 radical (unpaired) electrons. The van der Waals surface area contributed by atoms with Crippen molar-refractivity contribution in [3.8, 4) is 0 Å². The van der Waals surface area contributed by atoms with Crippen LogP contribution >= 0.6 is 0 Å². The Morgan fingerprint density at radius 1 is 1.00 bits per heavy atom. The van der Waals surface area contributed by atoms with E-state index in [9.17, 15) is 9.59 Å². The Balaban J connectivity index is 1.28. The lowest BCUT2D eigenvalue weighted by atomic mass is 9.96. The van der Waals surface area contributed by atoms with Gasteiger partial charge in [-0.05, 0) is 61.2 Å². The molecule has 0 aliphatic heterocycles. The number of nitrogen functional groups attached to an aromatic ring is 1. The average molecular weight is 459 g/mol. The number of anilines is 2. The molecule has 1 aliphatic rings. The van der Waals surface area contributed by atoms with Gasteiger partial charge in [0.25, 0.3) is 5.91 Å². The smallest absolute Gasteiger partial charge is 0.408 e. The van der Waals surface area contributed by atoms with Gasteiger partial charge in [-0.15, -0.1) is 0 Å². The largest absolute Gasteiger partial charge is 0.439 e. The highest BCUT2D eigenvalue weighted by atomic mass is 16.6. The summed E-state index contributed by atoms with van der Waals surface area (Å²) in [6.07, 6.45) is 0.509. The highest BCUT2D eigenvalue weighted by molar-refractivity contribution is 6.05. The summed E-state index contributed by atoms with van der Waals surface area (Å²) in [5, 5.41) is 5.56. The first-order valence-corrected chi connectivity index (χ1v) is 11.3. The second-order valence-electron chi connectivity index (χ2n) is 9.12. The van der Waals surface area contributed by atoms with Crippen molar-refractivity contribution in [2.24, 2.45) is 5.73 Å². The lowest BCUT2D eigenvalue weighted by molar-refractivity contribution is 0.0361. The van der Waals surface area contributed by atoms with E-state index in [1.54, 1.807) is 48.5 Å². The molecule has 1 fully saturated rings. The average Bonchev–Trinajstić information content (AvgIpc) is 3.56. The van der Waals surface area contributed by atoms with E-state index < -0.39 is 11.7 Å². The number of rotatable bonds is 7. The van der Waals surface area contributed by atoms with E-state index in [1.165, 1.54) is 5.56 Å². The van der Waals surface area contributed by atoms with Crippen LogP contribution in [0.1, 0.15) is 53.2 Å². The van der Waals surface area contributed by atoms with Crippen LogP contribution in [0, 0.1) is 0 Å². The summed E-state index contributed by atoms with van der Waals surface area (Å²) in [6.45, 7) is 4.00. The molecule has 2 atom stereocenters. The highest BCUT2D eigenvalue weighted by Crippen LogP contribution is 2.39. The fraction of sp³-hybridized carbons (Fsp3) is 0.259. The molecule has 7 nitrogen and oxygen atoms in total. The van der Waals surface area contributed by atoms with Crippen LogP contribution in [0.25, 0.3) is 0 Å². The van der Waals surface area contributed by atoms with Gasteiger partial charge in [0.1, 0.15) is 5.60 Å². The molecule has 3 aromatic rings. The van der Waals surface area contributed by atoms with E-state index in [2.05, 4.69) is 22.8 Å². The van der Waals surface area contributed by atoms with Crippen LogP contribution in [-0.4, -0.2) is 18.0 Å². The molecule has 0 spiro atoms. The zero-order chi connectivity index (χ0) is 24.3. The normalized spacial score (nSPS) is 17.0. The molecule has 1 aliphatic carbocycles. The first kappa shape index (κ1) is 23.3. The maximum absolute atomic E-state index is 12.5. The number of hydrogen-bond acceptors (Lipinski definition) is 5. The van der Waals surface area contributed by atoms with Crippen molar-refractivity contribution in [2.75, 3.05) is 11.1 Å². The SMILES string of the molecule is CC(C)(OC(=O)NCc1ccc(C(=O)Nc2ccccc2N)cc1)c1ccc(C2CC2N)cc1. The number of carbonyl (C=O) groups is 2. The number of alkyl carbamates (subject to hydrolysis) is 1. The molecule has 2 amide bonds. The molecule has 1 saturated carbocycles. The van der Waals surface area contributed by atoms with Gasteiger partial charge in [0, 0.05) is 24.1 Å². The van der Waals surface area contributed by atoms with E-state index in [0.717, 1.165) is 17.5 Å². The predicted molar refractivity (Wildman–Crippen MR) is 133 cm³/mol.